The van der Waals surface area contributed by atoms with E-state index in [-0.39, 0.29) is 0 Å². The quantitative estimate of drug-likeness (QED) is 0.815. The number of carbonyl (C=O) groups excluding carboxylic acids is 1. The number of amides is 1. The van der Waals surface area contributed by atoms with E-state index in [1.165, 1.54) is 38.5 Å². The topological polar surface area (TPSA) is 32.3 Å². The summed E-state index contributed by atoms with van der Waals surface area (Å²) in [4.78, 5) is 14.4. The summed E-state index contributed by atoms with van der Waals surface area (Å²) in [5.41, 5.74) is 0. The van der Waals surface area contributed by atoms with Crippen molar-refractivity contribution < 1.29 is 4.79 Å². The third-order valence-corrected chi connectivity index (χ3v) is 4.40. The van der Waals surface area contributed by atoms with Crippen LogP contribution in [0.4, 0.5) is 0 Å². The van der Waals surface area contributed by atoms with E-state index in [9.17, 15) is 4.79 Å². The van der Waals surface area contributed by atoms with E-state index in [4.69, 9.17) is 0 Å². The molecule has 0 radical (unpaired) electrons. The van der Waals surface area contributed by atoms with E-state index in [1.807, 2.05) is 0 Å². The van der Waals surface area contributed by atoms with E-state index in [1.54, 1.807) is 0 Å². The summed E-state index contributed by atoms with van der Waals surface area (Å²) >= 11 is 0. The van der Waals surface area contributed by atoms with Crippen LogP contribution < -0.4 is 5.32 Å². The second kappa shape index (κ2) is 7.13. The zero-order chi connectivity index (χ0) is 12.8. The molecule has 3 heteroatoms. The van der Waals surface area contributed by atoms with Crippen molar-refractivity contribution in [2.24, 2.45) is 5.92 Å². The summed E-state index contributed by atoms with van der Waals surface area (Å²) in [5, 5.41) is 3.56. The van der Waals surface area contributed by atoms with Crippen LogP contribution in [0.3, 0.4) is 0 Å². The Balaban J connectivity index is 1.74. The molecule has 0 aromatic heterocycles. The minimum absolute atomic E-state index is 0.407. The Bertz CT molecular complexity index is 261. The van der Waals surface area contributed by atoms with Gasteiger partial charge in [0.15, 0.2) is 0 Å². The van der Waals surface area contributed by atoms with Crippen LogP contribution in [0.1, 0.15) is 58.3 Å². The fourth-order valence-corrected chi connectivity index (χ4v) is 3.31. The zero-order valence-corrected chi connectivity index (χ0v) is 11.8. The van der Waals surface area contributed by atoms with Gasteiger partial charge >= 0.3 is 0 Å². The predicted octanol–water partition coefficient (Wildman–Crippen LogP) is 2.56. The molecule has 1 saturated heterocycles. The first kappa shape index (κ1) is 13.9. The minimum Gasteiger partial charge on any atom is -0.341 e. The fourth-order valence-electron chi connectivity index (χ4n) is 3.31. The van der Waals surface area contributed by atoms with Crippen molar-refractivity contribution in [3.63, 3.8) is 0 Å². The molecule has 2 fully saturated rings. The summed E-state index contributed by atoms with van der Waals surface area (Å²) in [5.74, 6) is 1.09. The normalized spacial score (nSPS) is 25.6. The molecular weight excluding hydrogens is 224 g/mol. The average Bonchev–Trinajstić information content (AvgIpc) is 2.89. The highest BCUT2D eigenvalue weighted by Crippen LogP contribution is 2.28. The van der Waals surface area contributed by atoms with Crippen LogP contribution in [-0.4, -0.2) is 36.5 Å². The van der Waals surface area contributed by atoms with Crippen LogP contribution in [0.15, 0.2) is 0 Å². The number of likely N-dealkylation sites (tertiary alicyclic amines) is 1. The van der Waals surface area contributed by atoms with Crippen molar-refractivity contribution in [3.8, 4) is 0 Å². The van der Waals surface area contributed by atoms with Crippen LogP contribution in [0.2, 0.25) is 0 Å². The first-order valence-electron chi connectivity index (χ1n) is 7.80. The fraction of sp³-hybridized carbons (Fsp3) is 0.933. The molecule has 0 bridgehead atoms. The molecule has 104 valence electrons. The molecule has 1 unspecified atom stereocenters. The third-order valence-electron chi connectivity index (χ3n) is 4.40. The van der Waals surface area contributed by atoms with Gasteiger partial charge in [0.2, 0.25) is 5.91 Å². The molecular formula is C15H28N2O. The van der Waals surface area contributed by atoms with Crippen LogP contribution >= 0.6 is 0 Å². The Hall–Kier alpha value is -0.570. The Kier molecular flexibility index (Phi) is 5.48. The number of piperidine rings is 1. The average molecular weight is 252 g/mol. The van der Waals surface area contributed by atoms with E-state index in [2.05, 4.69) is 17.1 Å². The van der Waals surface area contributed by atoms with Gasteiger partial charge in [-0.25, -0.2) is 0 Å². The van der Waals surface area contributed by atoms with E-state index in [0.29, 0.717) is 17.9 Å². The molecule has 18 heavy (non-hydrogen) atoms. The van der Waals surface area contributed by atoms with Gasteiger partial charge in [0.05, 0.1) is 0 Å². The molecule has 1 saturated carbocycles. The van der Waals surface area contributed by atoms with Gasteiger partial charge < -0.3 is 10.2 Å². The minimum atomic E-state index is 0.407. The van der Waals surface area contributed by atoms with Gasteiger partial charge in [-0.15, -0.1) is 0 Å². The van der Waals surface area contributed by atoms with Gasteiger partial charge in [-0.3, -0.25) is 4.79 Å². The summed E-state index contributed by atoms with van der Waals surface area (Å²) in [7, 11) is 0. The largest absolute Gasteiger partial charge is 0.341 e. The summed E-state index contributed by atoms with van der Waals surface area (Å²) < 4.78 is 0. The Morgan fingerprint density at radius 3 is 2.72 bits per heavy atom. The van der Waals surface area contributed by atoms with Crippen LogP contribution in [0, 0.1) is 5.92 Å². The second-order valence-corrected chi connectivity index (χ2v) is 5.99. The van der Waals surface area contributed by atoms with E-state index < -0.39 is 0 Å². The smallest absolute Gasteiger partial charge is 0.222 e. The molecule has 1 amide bonds. The number of rotatable bonds is 5. The first-order valence-corrected chi connectivity index (χ1v) is 7.80. The summed E-state index contributed by atoms with van der Waals surface area (Å²) in [6.07, 6.45) is 9.59. The predicted molar refractivity (Wildman–Crippen MR) is 74.5 cm³/mol. The summed E-state index contributed by atoms with van der Waals surface area (Å²) in [6.45, 7) is 5.19. The second-order valence-electron chi connectivity index (χ2n) is 5.99. The van der Waals surface area contributed by atoms with Crippen LogP contribution in [0.25, 0.3) is 0 Å². The van der Waals surface area contributed by atoms with Gasteiger partial charge in [0.1, 0.15) is 0 Å². The molecule has 0 aromatic carbocycles. The maximum atomic E-state index is 12.3. The van der Waals surface area contributed by atoms with Crippen molar-refractivity contribution in [2.45, 2.75) is 64.3 Å². The monoisotopic (exact) mass is 252 g/mol. The van der Waals surface area contributed by atoms with Crippen molar-refractivity contribution in [1.29, 1.82) is 0 Å². The number of carbonyl (C=O) groups is 1. The van der Waals surface area contributed by atoms with Crippen molar-refractivity contribution in [3.05, 3.63) is 0 Å². The SMILES string of the molecule is CCCNC1CCCN(C(=O)CC2CCCC2)C1. The highest BCUT2D eigenvalue weighted by Gasteiger charge is 2.26. The highest BCUT2D eigenvalue weighted by molar-refractivity contribution is 5.76. The number of hydrogen-bond acceptors (Lipinski definition) is 2. The molecule has 1 heterocycles. The molecule has 2 rings (SSSR count). The standard InChI is InChI=1S/C15H28N2O/c1-2-9-16-14-8-5-10-17(12-14)15(18)11-13-6-3-4-7-13/h13-14,16H,2-12H2,1H3. The van der Waals surface area contributed by atoms with Gasteiger partial charge in [0.25, 0.3) is 0 Å². The molecule has 3 nitrogen and oxygen atoms in total. The van der Waals surface area contributed by atoms with E-state index >= 15 is 0 Å². The number of nitrogens with one attached hydrogen (secondary N) is 1. The Morgan fingerprint density at radius 2 is 2.00 bits per heavy atom. The molecule has 0 spiro atoms. The van der Waals surface area contributed by atoms with Gasteiger partial charge in [0, 0.05) is 25.6 Å². The Morgan fingerprint density at radius 1 is 1.22 bits per heavy atom. The lowest BCUT2D eigenvalue weighted by molar-refractivity contribution is -0.133. The number of nitrogens with zero attached hydrogens (tertiary/aromatic N) is 1. The van der Waals surface area contributed by atoms with Crippen molar-refractivity contribution >= 4 is 5.91 Å². The number of hydrogen-bond donors (Lipinski definition) is 1. The summed E-state index contributed by atoms with van der Waals surface area (Å²) in [6, 6.07) is 0.534. The van der Waals surface area contributed by atoms with Gasteiger partial charge in [-0.2, -0.15) is 0 Å². The maximum Gasteiger partial charge on any atom is 0.222 e. The lowest BCUT2D eigenvalue weighted by atomic mass is 10.0. The van der Waals surface area contributed by atoms with Crippen LogP contribution in [-0.2, 0) is 4.79 Å². The zero-order valence-electron chi connectivity index (χ0n) is 11.8. The van der Waals surface area contributed by atoms with Gasteiger partial charge in [-0.05, 0) is 44.6 Å². The van der Waals surface area contributed by atoms with Crippen molar-refractivity contribution in [1.82, 2.24) is 10.2 Å². The van der Waals surface area contributed by atoms with Crippen molar-refractivity contribution in [2.75, 3.05) is 19.6 Å². The lowest BCUT2D eigenvalue weighted by Crippen LogP contribution is -2.48. The molecule has 1 aliphatic carbocycles. The third kappa shape index (κ3) is 3.98. The molecule has 2 aliphatic rings. The maximum absolute atomic E-state index is 12.3. The molecule has 1 aliphatic heterocycles. The van der Waals surface area contributed by atoms with Crippen LogP contribution in [0.5, 0.6) is 0 Å². The lowest BCUT2D eigenvalue weighted by Gasteiger charge is -2.34. The van der Waals surface area contributed by atoms with Gasteiger partial charge in [-0.1, -0.05) is 19.8 Å². The molecule has 0 aromatic rings. The van der Waals surface area contributed by atoms with E-state index in [0.717, 1.165) is 32.5 Å². The molecule has 1 N–H and O–H groups in total. The Labute approximate surface area is 111 Å². The molecule has 1 atom stereocenters. The first-order chi connectivity index (χ1) is 8.79. The highest BCUT2D eigenvalue weighted by atomic mass is 16.2.